The molecule has 0 spiro atoms. The molecule has 4 unspecified atom stereocenters. The second kappa shape index (κ2) is 16.8. The van der Waals surface area contributed by atoms with E-state index in [1.807, 2.05) is 13.8 Å². The summed E-state index contributed by atoms with van der Waals surface area (Å²) in [7, 11) is 0. The Labute approximate surface area is 212 Å². The van der Waals surface area contributed by atoms with Gasteiger partial charge in [-0.05, 0) is 79.1 Å². The summed E-state index contributed by atoms with van der Waals surface area (Å²) in [5.74, 6) is 0.708. The zero-order valence-electron chi connectivity index (χ0n) is 24.4. The van der Waals surface area contributed by atoms with Crippen molar-refractivity contribution in [3.63, 3.8) is 0 Å². The average molecular weight is 483 g/mol. The van der Waals surface area contributed by atoms with Crippen molar-refractivity contribution in [1.82, 2.24) is 0 Å². The summed E-state index contributed by atoms with van der Waals surface area (Å²) >= 11 is 0. The van der Waals surface area contributed by atoms with Gasteiger partial charge in [0.2, 0.25) is 0 Å². The Hall–Kier alpha value is -0.740. The molecule has 0 aliphatic rings. The topological polar surface area (TPSA) is 52.6 Å². The fourth-order valence-electron chi connectivity index (χ4n) is 4.70. The molecule has 0 fully saturated rings. The Bertz CT molecular complexity index is 516. The predicted octanol–water partition coefficient (Wildman–Crippen LogP) is 8.49. The molecule has 4 nitrogen and oxygen atoms in total. The van der Waals surface area contributed by atoms with Gasteiger partial charge < -0.3 is 9.47 Å². The molecule has 0 aromatic rings. The number of carbonyl (C=O) groups is 2. The molecule has 0 bridgehead atoms. The first-order chi connectivity index (χ1) is 15.9. The van der Waals surface area contributed by atoms with Crippen LogP contribution in [0.4, 0.5) is 0 Å². The van der Waals surface area contributed by atoms with E-state index >= 15 is 0 Å². The lowest BCUT2D eigenvalue weighted by Gasteiger charge is -2.36. The van der Waals surface area contributed by atoms with Crippen LogP contribution < -0.4 is 0 Å². The van der Waals surface area contributed by atoms with Gasteiger partial charge >= 0.3 is 0 Å². The van der Waals surface area contributed by atoms with E-state index in [0.29, 0.717) is 12.8 Å². The zero-order valence-corrected chi connectivity index (χ0v) is 24.4. The van der Waals surface area contributed by atoms with E-state index < -0.39 is 11.2 Å². The number of carbonyl (C=O) groups excluding carboxylic acids is 2. The van der Waals surface area contributed by atoms with E-state index in [4.69, 9.17) is 9.47 Å². The third-order valence-electron chi connectivity index (χ3n) is 7.23. The summed E-state index contributed by atoms with van der Waals surface area (Å²) in [6.07, 6.45) is 10.3. The van der Waals surface area contributed by atoms with Crippen LogP contribution in [-0.2, 0) is 19.1 Å². The summed E-state index contributed by atoms with van der Waals surface area (Å²) in [5, 5.41) is 0. The van der Waals surface area contributed by atoms with Crippen molar-refractivity contribution in [3.05, 3.63) is 0 Å². The van der Waals surface area contributed by atoms with Crippen LogP contribution in [0.25, 0.3) is 0 Å². The lowest BCUT2D eigenvalue weighted by molar-refractivity contribution is -0.155. The maximum Gasteiger partial charge on any atom is 0.164 e. The van der Waals surface area contributed by atoms with E-state index in [1.54, 1.807) is 0 Å². The lowest BCUT2D eigenvalue weighted by Crippen LogP contribution is -2.41. The molecule has 0 amide bonds. The maximum absolute atomic E-state index is 13.1. The molecular formula is C30H58O4. The first-order valence-electron chi connectivity index (χ1n) is 14.3. The summed E-state index contributed by atoms with van der Waals surface area (Å²) in [6.45, 7) is 20.9. The average Bonchev–Trinajstić information content (AvgIpc) is 2.80. The molecule has 4 atom stereocenters. The van der Waals surface area contributed by atoms with Crippen molar-refractivity contribution >= 4 is 11.6 Å². The molecule has 4 heteroatoms. The van der Waals surface area contributed by atoms with Gasteiger partial charge in [-0.3, -0.25) is 9.59 Å². The normalized spacial score (nSPS) is 16.2. The van der Waals surface area contributed by atoms with Gasteiger partial charge in [-0.25, -0.2) is 0 Å². The van der Waals surface area contributed by atoms with Gasteiger partial charge in [0.15, 0.2) is 11.6 Å². The number of ether oxygens (including phenoxy) is 2. The summed E-state index contributed by atoms with van der Waals surface area (Å²) in [4.78, 5) is 26.3. The van der Waals surface area contributed by atoms with Crippen LogP contribution >= 0.6 is 0 Å². The van der Waals surface area contributed by atoms with Crippen LogP contribution in [0, 0.1) is 11.8 Å². The van der Waals surface area contributed by atoms with Crippen molar-refractivity contribution in [1.29, 1.82) is 0 Å². The van der Waals surface area contributed by atoms with E-state index in [1.165, 1.54) is 0 Å². The van der Waals surface area contributed by atoms with Gasteiger partial charge in [0.05, 0.1) is 11.2 Å². The second-order valence-corrected chi connectivity index (χ2v) is 11.3. The molecule has 0 aliphatic carbocycles. The Kier molecular flexibility index (Phi) is 16.5. The maximum atomic E-state index is 13.1. The second-order valence-electron chi connectivity index (χ2n) is 11.3. The molecular weight excluding hydrogens is 424 g/mol. The number of unbranched alkanes of at least 4 members (excludes halogenated alkanes) is 2. The Morgan fingerprint density at radius 3 is 1.15 bits per heavy atom. The highest BCUT2D eigenvalue weighted by atomic mass is 16.5. The molecule has 0 heterocycles. The molecule has 0 radical (unpaired) electrons. The van der Waals surface area contributed by atoms with E-state index in [0.717, 1.165) is 64.2 Å². The van der Waals surface area contributed by atoms with Gasteiger partial charge in [-0.1, -0.05) is 67.2 Å². The van der Waals surface area contributed by atoms with E-state index in [2.05, 4.69) is 55.4 Å². The van der Waals surface area contributed by atoms with Crippen LogP contribution in [-0.4, -0.2) is 35.0 Å². The fourth-order valence-corrected chi connectivity index (χ4v) is 4.70. The third kappa shape index (κ3) is 12.3. The predicted molar refractivity (Wildman–Crippen MR) is 144 cm³/mol. The van der Waals surface area contributed by atoms with Crippen LogP contribution in [0.3, 0.4) is 0 Å². The standard InChI is InChI=1S/C30H58O4/c1-11-17-19-23(13-3)27(31)25(15-5)33-29(7,8)21-22-30(9,10)34-26(16-6)28(32)24(14-4)20-18-12-2/h23-26H,11-22H2,1-10H3. The van der Waals surface area contributed by atoms with Gasteiger partial charge in [0.1, 0.15) is 12.2 Å². The van der Waals surface area contributed by atoms with Crippen LogP contribution in [0.15, 0.2) is 0 Å². The SMILES string of the molecule is CCCCC(CC)C(=O)C(CC)OC(C)(C)CCC(C)(C)OC(CC)C(=O)C(CC)CCCC. The number of Topliss-reactive ketones (excluding diaryl/α,β-unsaturated/α-hetero) is 2. The van der Waals surface area contributed by atoms with Crippen molar-refractivity contribution in [3.8, 4) is 0 Å². The van der Waals surface area contributed by atoms with Crippen LogP contribution in [0.5, 0.6) is 0 Å². The van der Waals surface area contributed by atoms with Gasteiger partial charge in [-0.2, -0.15) is 0 Å². The quantitative estimate of drug-likeness (QED) is 0.165. The molecule has 0 saturated carbocycles. The number of hydrogen-bond acceptors (Lipinski definition) is 4. The summed E-state index contributed by atoms with van der Waals surface area (Å²) in [5.41, 5.74) is -0.863. The molecule has 0 saturated heterocycles. The zero-order chi connectivity index (χ0) is 26.4. The Morgan fingerprint density at radius 2 is 0.912 bits per heavy atom. The summed E-state index contributed by atoms with van der Waals surface area (Å²) in [6, 6.07) is 0. The highest BCUT2D eigenvalue weighted by Gasteiger charge is 2.35. The summed E-state index contributed by atoms with van der Waals surface area (Å²) < 4.78 is 12.8. The molecule has 0 rings (SSSR count). The fraction of sp³-hybridized carbons (Fsp3) is 0.933. The van der Waals surface area contributed by atoms with Crippen molar-refractivity contribution < 1.29 is 19.1 Å². The molecule has 34 heavy (non-hydrogen) atoms. The van der Waals surface area contributed by atoms with Crippen molar-refractivity contribution in [2.24, 2.45) is 11.8 Å². The Balaban J connectivity index is 5.09. The van der Waals surface area contributed by atoms with E-state index in [-0.39, 0.29) is 35.6 Å². The number of rotatable bonds is 21. The minimum Gasteiger partial charge on any atom is -0.365 e. The first-order valence-corrected chi connectivity index (χ1v) is 14.3. The first kappa shape index (κ1) is 33.3. The Morgan fingerprint density at radius 1 is 0.588 bits per heavy atom. The third-order valence-corrected chi connectivity index (χ3v) is 7.23. The van der Waals surface area contributed by atoms with Gasteiger partial charge in [-0.15, -0.1) is 0 Å². The number of ketones is 2. The highest BCUT2D eigenvalue weighted by Crippen LogP contribution is 2.30. The largest absolute Gasteiger partial charge is 0.365 e. The van der Waals surface area contributed by atoms with Gasteiger partial charge in [0.25, 0.3) is 0 Å². The highest BCUT2D eigenvalue weighted by molar-refractivity contribution is 5.85. The van der Waals surface area contributed by atoms with Crippen LogP contribution in [0.1, 0.15) is 146 Å². The smallest absolute Gasteiger partial charge is 0.164 e. The van der Waals surface area contributed by atoms with Crippen molar-refractivity contribution in [2.45, 2.75) is 170 Å². The van der Waals surface area contributed by atoms with Crippen LogP contribution in [0.2, 0.25) is 0 Å². The van der Waals surface area contributed by atoms with Gasteiger partial charge in [0, 0.05) is 11.8 Å². The minimum absolute atomic E-state index is 0.0935. The molecule has 0 N–H and O–H groups in total. The monoisotopic (exact) mass is 482 g/mol. The number of hydrogen-bond donors (Lipinski definition) is 0. The van der Waals surface area contributed by atoms with Crippen molar-refractivity contribution in [2.75, 3.05) is 0 Å². The lowest BCUT2D eigenvalue weighted by atomic mass is 9.89. The minimum atomic E-state index is -0.432. The molecule has 0 aromatic carbocycles. The molecule has 0 aliphatic heterocycles. The van der Waals surface area contributed by atoms with E-state index in [9.17, 15) is 9.59 Å². The molecule has 202 valence electrons. The molecule has 0 aromatic heterocycles.